The predicted molar refractivity (Wildman–Crippen MR) is 105 cm³/mol. The zero-order chi connectivity index (χ0) is 21.0. The topological polar surface area (TPSA) is 84.5 Å². The smallest absolute Gasteiger partial charge is 0.264 e. The molecule has 3 rings (SSSR count). The Morgan fingerprint density at radius 3 is 2.28 bits per heavy atom. The van der Waals surface area contributed by atoms with Gasteiger partial charge in [0.2, 0.25) is 0 Å². The molecular weight excluding hydrogens is 402 g/mol. The van der Waals surface area contributed by atoms with Crippen molar-refractivity contribution in [3.63, 3.8) is 0 Å². The van der Waals surface area contributed by atoms with E-state index in [1.165, 1.54) is 25.3 Å². The highest BCUT2D eigenvalue weighted by Crippen LogP contribution is 2.26. The molecule has 0 bridgehead atoms. The Bertz CT molecular complexity index is 1170. The highest BCUT2D eigenvalue weighted by Gasteiger charge is 2.22. The summed E-state index contributed by atoms with van der Waals surface area (Å²) in [4.78, 5) is 12.0. The standard InChI is InChI=1S/C20H16F2N2O4S/c1-28-18-9-5-4-8-17(18)23-20(25)14-6-2-3-7-16(14)24-29(26,27)19-11-10-13(21)12-15(19)22/h2-12,24H,1H3,(H,23,25). The second-order valence-electron chi connectivity index (χ2n) is 5.88. The lowest BCUT2D eigenvalue weighted by Crippen LogP contribution is -2.19. The minimum absolute atomic E-state index is 0.00417. The van der Waals surface area contributed by atoms with E-state index in [1.807, 2.05) is 0 Å². The lowest BCUT2D eigenvalue weighted by molar-refractivity contribution is 0.102. The average Bonchev–Trinajstić information content (AvgIpc) is 2.68. The Kier molecular flexibility index (Phi) is 5.79. The molecule has 3 aromatic rings. The van der Waals surface area contributed by atoms with E-state index in [0.29, 0.717) is 17.5 Å². The van der Waals surface area contributed by atoms with E-state index in [4.69, 9.17) is 4.74 Å². The maximum Gasteiger partial charge on any atom is 0.264 e. The SMILES string of the molecule is COc1ccccc1NC(=O)c1ccccc1NS(=O)(=O)c1ccc(F)cc1F. The number of amides is 1. The van der Waals surface area contributed by atoms with Gasteiger partial charge in [-0.2, -0.15) is 0 Å². The number of para-hydroxylation sites is 3. The number of methoxy groups -OCH3 is 1. The van der Waals surface area contributed by atoms with E-state index >= 15 is 0 Å². The highest BCUT2D eigenvalue weighted by atomic mass is 32.2. The van der Waals surface area contributed by atoms with Crippen molar-refractivity contribution in [3.05, 3.63) is 83.9 Å². The van der Waals surface area contributed by atoms with E-state index < -0.39 is 32.5 Å². The molecule has 0 aliphatic heterocycles. The quantitative estimate of drug-likeness (QED) is 0.633. The van der Waals surface area contributed by atoms with Crippen molar-refractivity contribution in [2.75, 3.05) is 17.1 Å². The van der Waals surface area contributed by atoms with Crippen LogP contribution >= 0.6 is 0 Å². The van der Waals surface area contributed by atoms with Gasteiger partial charge in [-0.25, -0.2) is 17.2 Å². The van der Waals surface area contributed by atoms with Crippen molar-refractivity contribution in [1.82, 2.24) is 0 Å². The Morgan fingerprint density at radius 2 is 1.59 bits per heavy atom. The third-order valence-electron chi connectivity index (χ3n) is 3.95. The molecule has 0 heterocycles. The van der Waals surface area contributed by atoms with Gasteiger partial charge >= 0.3 is 0 Å². The molecule has 0 aliphatic carbocycles. The van der Waals surface area contributed by atoms with Crippen molar-refractivity contribution in [3.8, 4) is 5.75 Å². The Hall–Kier alpha value is -3.46. The van der Waals surface area contributed by atoms with E-state index in [0.717, 1.165) is 12.1 Å². The van der Waals surface area contributed by atoms with Gasteiger partial charge in [0.1, 0.15) is 22.3 Å². The van der Waals surface area contributed by atoms with Crippen LogP contribution in [0.1, 0.15) is 10.4 Å². The minimum atomic E-state index is -4.40. The molecule has 150 valence electrons. The number of carbonyl (C=O) groups is 1. The fourth-order valence-corrected chi connectivity index (χ4v) is 3.74. The fourth-order valence-electron chi connectivity index (χ4n) is 2.60. The predicted octanol–water partition coefficient (Wildman–Crippen LogP) is 4.03. The molecule has 0 unspecified atom stereocenters. The second kappa shape index (κ2) is 8.27. The molecule has 0 atom stereocenters. The van der Waals surface area contributed by atoms with Gasteiger partial charge in [-0.3, -0.25) is 9.52 Å². The summed E-state index contributed by atoms with van der Waals surface area (Å²) in [5.41, 5.74) is 0.329. The van der Waals surface area contributed by atoms with Crippen molar-refractivity contribution >= 4 is 27.3 Å². The summed E-state index contributed by atoms with van der Waals surface area (Å²) in [5, 5.41) is 2.64. The second-order valence-corrected chi connectivity index (χ2v) is 7.53. The summed E-state index contributed by atoms with van der Waals surface area (Å²) >= 11 is 0. The number of benzene rings is 3. The van der Waals surface area contributed by atoms with Gasteiger partial charge in [-0.1, -0.05) is 24.3 Å². The van der Waals surface area contributed by atoms with Gasteiger partial charge in [-0.15, -0.1) is 0 Å². The molecule has 1 amide bonds. The summed E-state index contributed by atoms with van der Waals surface area (Å²) in [6.45, 7) is 0. The van der Waals surface area contributed by atoms with E-state index in [1.54, 1.807) is 30.3 Å². The molecular formula is C20H16F2N2O4S. The van der Waals surface area contributed by atoms with Crippen molar-refractivity contribution in [1.29, 1.82) is 0 Å². The molecule has 0 fully saturated rings. The van der Waals surface area contributed by atoms with Crippen LogP contribution in [0.3, 0.4) is 0 Å². The Morgan fingerprint density at radius 1 is 0.931 bits per heavy atom. The van der Waals surface area contributed by atoms with E-state index in [2.05, 4.69) is 10.0 Å². The zero-order valence-electron chi connectivity index (χ0n) is 15.1. The number of nitrogens with one attached hydrogen (secondary N) is 2. The average molecular weight is 418 g/mol. The molecule has 9 heteroatoms. The number of hydrogen-bond acceptors (Lipinski definition) is 4. The van der Waals surface area contributed by atoms with Crippen LogP contribution in [-0.4, -0.2) is 21.4 Å². The number of hydrogen-bond donors (Lipinski definition) is 2. The fraction of sp³-hybridized carbons (Fsp3) is 0.0500. The maximum absolute atomic E-state index is 13.9. The van der Waals surface area contributed by atoms with Crippen LogP contribution in [-0.2, 0) is 10.0 Å². The molecule has 0 saturated carbocycles. The summed E-state index contributed by atoms with van der Waals surface area (Å²) in [7, 11) is -2.95. The molecule has 2 N–H and O–H groups in total. The molecule has 29 heavy (non-hydrogen) atoms. The van der Waals surface area contributed by atoms with Gasteiger partial charge in [0.15, 0.2) is 0 Å². The molecule has 0 spiro atoms. The normalized spacial score (nSPS) is 11.0. The lowest BCUT2D eigenvalue weighted by atomic mass is 10.1. The Balaban J connectivity index is 1.92. The van der Waals surface area contributed by atoms with Gasteiger partial charge in [0.25, 0.3) is 15.9 Å². The van der Waals surface area contributed by atoms with Crippen LogP contribution in [0.5, 0.6) is 5.75 Å². The lowest BCUT2D eigenvalue weighted by Gasteiger charge is -2.14. The number of anilines is 2. The van der Waals surface area contributed by atoms with Crippen LogP contribution in [0.15, 0.2) is 71.6 Å². The Labute approximate surface area is 166 Å². The first kappa shape index (κ1) is 20.3. The zero-order valence-corrected chi connectivity index (χ0v) is 16.0. The van der Waals surface area contributed by atoms with Crippen molar-refractivity contribution < 1.29 is 26.7 Å². The minimum Gasteiger partial charge on any atom is -0.495 e. The molecule has 6 nitrogen and oxygen atoms in total. The van der Waals surface area contributed by atoms with Crippen LogP contribution in [0.25, 0.3) is 0 Å². The summed E-state index contributed by atoms with van der Waals surface area (Å²) in [6, 6.07) is 14.6. The molecule has 0 radical (unpaired) electrons. The van der Waals surface area contributed by atoms with Crippen molar-refractivity contribution in [2.24, 2.45) is 0 Å². The van der Waals surface area contributed by atoms with Crippen LogP contribution in [0.4, 0.5) is 20.2 Å². The molecule has 0 aromatic heterocycles. The first-order chi connectivity index (χ1) is 13.8. The van der Waals surface area contributed by atoms with Gasteiger partial charge in [-0.05, 0) is 36.4 Å². The number of ether oxygens (including phenoxy) is 1. The summed E-state index contributed by atoms with van der Waals surface area (Å²) in [6.07, 6.45) is 0. The monoisotopic (exact) mass is 418 g/mol. The van der Waals surface area contributed by atoms with E-state index in [9.17, 15) is 22.0 Å². The maximum atomic E-state index is 13.9. The van der Waals surface area contributed by atoms with E-state index in [-0.39, 0.29) is 11.3 Å². The molecule has 0 saturated heterocycles. The van der Waals surface area contributed by atoms with Gasteiger partial charge in [0, 0.05) is 6.07 Å². The summed E-state index contributed by atoms with van der Waals surface area (Å²) in [5.74, 6) is -2.33. The number of carbonyl (C=O) groups excluding carboxylic acids is 1. The van der Waals surface area contributed by atoms with Crippen LogP contribution in [0.2, 0.25) is 0 Å². The van der Waals surface area contributed by atoms with Gasteiger partial charge in [0.05, 0.1) is 24.0 Å². The highest BCUT2D eigenvalue weighted by molar-refractivity contribution is 7.92. The third-order valence-corrected chi connectivity index (χ3v) is 5.35. The first-order valence-corrected chi connectivity index (χ1v) is 9.81. The largest absolute Gasteiger partial charge is 0.495 e. The number of halogens is 2. The molecule has 3 aromatic carbocycles. The number of rotatable bonds is 6. The number of sulfonamides is 1. The van der Waals surface area contributed by atoms with Gasteiger partial charge < -0.3 is 10.1 Å². The third kappa shape index (κ3) is 4.52. The van der Waals surface area contributed by atoms with Crippen LogP contribution < -0.4 is 14.8 Å². The molecule has 0 aliphatic rings. The first-order valence-electron chi connectivity index (χ1n) is 8.33. The summed E-state index contributed by atoms with van der Waals surface area (Å²) < 4.78 is 59.4. The van der Waals surface area contributed by atoms with Crippen LogP contribution in [0, 0.1) is 11.6 Å². The van der Waals surface area contributed by atoms with Crippen molar-refractivity contribution in [2.45, 2.75) is 4.90 Å².